The monoisotopic (exact) mass is 395 g/mol. The third kappa shape index (κ3) is 4.55. The molecule has 0 aliphatic heterocycles. The lowest BCUT2D eigenvalue weighted by Gasteiger charge is -2.09. The molecule has 0 atom stereocenters. The molecule has 4 rings (SSSR count). The van der Waals surface area contributed by atoms with Crippen LogP contribution in [0.25, 0.3) is 21.9 Å². The molecule has 4 aromatic rings. The lowest BCUT2D eigenvalue weighted by molar-refractivity contribution is 0.101. The summed E-state index contributed by atoms with van der Waals surface area (Å²) >= 11 is 0. The average molecular weight is 395 g/mol. The molecule has 4 nitrogen and oxygen atoms in total. The maximum absolute atomic E-state index is 12.3. The van der Waals surface area contributed by atoms with Crippen molar-refractivity contribution in [2.45, 2.75) is 13.5 Å². The molecule has 0 heterocycles. The second-order valence-corrected chi connectivity index (χ2v) is 7.09. The summed E-state index contributed by atoms with van der Waals surface area (Å²) in [6.07, 6.45) is -0.516. The van der Waals surface area contributed by atoms with Gasteiger partial charge in [-0.15, -0.1) is 0 Å². The molecule has 0 aliphatic rings. The highest BCUT2D eigenvalue weighted by Gasteiger charge is 2.08. The molecule has 0 unspecified atom stereocenters. The van der Waals surface area contributed by atoms with Gasteiger partial charge in [-0.2, -0.15) is 0 Å². The number of carbonyl (C=O) groups excluding carboxylic acids is 2. The van der Waals surface area contributed by atoms with E-state index in [-0.39, 0.29) is 5.78 Å². The van der Waals surface area contributed by atoms with E-state index in [1.807, 2.05) is 60.7 Å². The molecule has 4 heteroatoms. The smallest absolute Gasteiger partial charge is 0.410 e. The predicted molar refractivity (Wildman–Crippen MR) is 119 cm³/mol. The maximum atomic E-state index is 12.3. The van der Waals surface area contributed by atoms with Crippen LogP contribution in [0.5, 0.6) is 5.75 Å². The Hall–Kier alpha value is -3.92. The molecular weight excluding hydrogens is 374 g/mol. The first-order valence-electron chi connectivity index (χ1n) is 9.73. The van der Waals surface area contributed by atoms with Gasteiger partial charge in [-0.1, -0.05) is 66.7 Å². The average Bonchev–Trinajstić information content (AvgIpc) is 2.78. The van der Waals surface area contributed by atoms with E-state index >= 15 is 0 Å². The Labute approximate surface area is 175 Å². The maximum Gasteiger partial charge on any atom is 0.412 e. The molecule has 4 aromatic carbocycles. The molecule has 30 heavy (non-hydrogen) atoms. The molecule has 148 valence electrons. The zero-order valence-corrected chi connectivity index (χ0v) is 16.6. The number of Topliss-reactive ketones (excluding diaryl/α,β-unsaturated/α-hetero) is 1. The van der Waals surface area contributed by atoms with Crippen LogP contribution in [-0.4, -0.2) is 11.9 Å². The van der Waals surface area contributed by atoms with Crippen molar-refractivity contribution < 1.29 is 14.3 Å². The van der Waals surface area contributed by atoms with Gasteiger partial charge >= 0.3 is 6.09 Å². The highest BCUT2D eigenvalue weighted by molar-refractivity contribution is 5.95. The van der Waals surface area contributed by atoms with E-state index in [9.17, 15) is 9.59 Å². The van der Waals surface area contributed by atoms with Crippen LogP contribution in [0.3, 0.4) is 0 Å². The zero-order chi connectivity index (χ0) is 20.9. The summed E-state index contributed by atoms with van der Waals surface area (Å²) in [5.41, 5.74) is 3.41. The Kier molecular flexibility index (Phi) is 5.57. The minimum Gasteiger partial charge on any atom is -0.410 e. The van der Waals surface area contributed by atoms with Gasteiger partial charge in [-0.25, -0.2) is 4.79 Å². The Morgan fingerprint density at radius 2 is 1.50 bits per heavy atom. The number of rotatable bonds is 5. The van der Waals surface area contributed by atoms with Crippen molar-refractivity contribution >= 4 is 22.6 Å². The van der Waals surface area contributed by atoms with Gasteiger partial charge < -0.3 is 10.1 Å². The lowest BCUT2D eigenvalue weighted by atomic mass is 10.0. The number of hydrogen-bond acceptors (Lipinski definition) is 3. The van der Waals surface area contributed by atoms with Gasteiger partial charge in [0, 0.05) is 12.1 Å². The topological polar surface area (TPSA) is 55.4 Å². The minimum absolute atomic E-state index is 0.0114. The third-order valence-corrected chi connectivity index (χ3v) is 4.90. The fourth-order valence-electron chi connectivity index (χ4n) is 3.32. The van der Waals surface area contributed by atoms with Crippen molar-refractivity contribution in [3.8, 4) is 16.9 Å². The molecule has 1 N–H and O–H groups in total. The van der Waals surface area contributed by atoms with Crippen LogP contribution >= 0.6 is 0 Å². The first kappa shape index (κ1) is 19.4. The number of carbonyl (C=O) groups is 2. The number of hydrogen-bond donors (Lipinski definition) is 1. The molecule has 0 radical (unpaired) electrons. The fraction of sp³-hybridized carbons (Fsp3) is 0.0769. The fourth-order valence-corrected chi connectivity index (χ4v) is 3.32. The highest BCUT2D eigenvalue weighted by Crippen LogP contribution is 2.25. The van der Waals surface area contributed by atoms with Crippen molar-refractivity contribution in [3.05, 3.63) is 102 Å². The van der Waals surface area contributed by atoms with Crippen LogP contribution in [0.1, 0.15) is 22.8 Å². The van der Waals surface area contributed by atoms with E-state index in [4.69, 9.17) is 4.74 Å². The SMILES string of the molecule is CC(=O)c1cccc(-c2cccc(OC(=O)NCc3ccc4ccccc4c3)c2)c1. The molecule has 0 fully saturated rings. The quantitative estimate of drug-likeness (QED) is 0.422. The Balaban J connectivity index is 1.42. The summed E-state index contributed by atoms with van der Waals surface area (Å²) in [7, 11) is 0. The normalized spacial score (nSPS) is 10.6. The van der Waals surface area contributed by atoms with Gasteiger partial charge in [-0.3, -0.25) is 4.79 Å². The van der Waals surface area contributed by atoms with Gasteiger partial charge in [0.05, 0.1) is 0 Å². The number of fused-ring (bicyclic) bond motifs is 1. The first-order valence-corrected chi connectivity index (χ1v) is 9.73. The van der Waals surface area contributed by atoms with Crippen LogP contribution < -0.4 is 10.1 Å². The lowest BCUT2D eigenvalue weighted by Crippen LogP contribution is -2.26. The van der Waals surface area contributed by atoms with Crippen molar-refractivity contribution in [1.29, 1.82) is 0 Å². The van der Waals surface area contributed by atoms with Crippen LogP contribution in [0.4, 0.5) is 4.79 Å². The van der Waals surface area contributed by atoms with Gasteiger partial charge in [0.2, 0.25) is 0 Å². The predicted octanol–water partition coefficient (Wildman–Crippen LogP) is 6.00. The summed E-state index contributed by atoms with van der Waals surface area (Å²) < 4.78 is 5.45. The number of amides is 1. The van der Waals surface area contributed by atoms with Crippen LogP contribution in [0.2, 0.25) is 0 Å². The molecular formula is C26H21NO3. The molecule has 1 amide bonds. The van der Waals surface area contributed by atoms with E-state index < -0.39 is 6.09 Å². The van der Waals surface area contributed by atoms with Gasteiger partial charge in [0.25, 0.3) is 0 Å². The molecule has 0 bridgehead atoms. The van der Waals surface area contributed by atoms with E-state index in [1.165, 1.54) is 0 Å². The van der Waals surface area contributed by atoms with Crippen molar-refractivity contribution in [2.75, 3.05) is 0 Å². The summed E-state index contributed by atoms with van der Waals surface area (Å²) in [5.74, 6) is 0.453. The number of nitrogens with one attached hydrogen (secondary N) is 1. The van der Waals surface area contributed by atoms with E-state index in [0.29, 0.717) is 17.9 Å². The Morgan fingerprint density at radius 3 is 2.30 bits per heavy atom. The molecule has 0 spiro atoms. The van der Waals surface area contributed by atoms with Gasteiger partial charge in [0.15, 0.2) is 5.78 Å². The first-order chi connectivity index (χ1) is 14.6. The highest BCUT2D eigenvalue weighted by atomic mass is 16.6. The largest absolute Gasteiger partial charge is 0.412 e. The zero-order valence-electron chi connectivity index (χ0n) is 16.6. The van der Waals surface area contributed by atoms with Gasteiger partial charge in [0.1, 0.15) is 5.75 Å². The van der Waals surface area contributed by atoms with E-state index in [0.717, 1.165) is 27.5 Å². The van der Waals surface area contributed by atoms with Crippen LogP contribution in [0.15, 0.2) is 91.0 Å². The standard InChI is InChI=1S/C26H21NO3/c1-18(28)21-8-4-9-23(15-21)24-10-5-11-25(16-24)30-26(29)27-17-19-12-13-20-6-2-3-7-22(20)14-19/h2-16H,17H2,1H3,(H,27,29). The summed E-state index contributed by atoms with van der Waals surface area (Å²) in [4.78, 5) is 23.9. The summed E-state index contributed by atoms with van der Waals surface area (Å²) in [5, 5.41) is 5.08. The van der Waals surface area contributed by atoms with Gasteiger partial charge in [-0.05, 0) is 58.7 Å². The molecule has 0 aromatic heterocycles. The molecule has 0 saturated carbocycles. The van der Waals surface area contributed by atoms with Crippen LogP contribution in [0, 0.1) is 0 Å². The van der Waals surface area contributed by atoms with Crippen molar-refractivity contribution in [3.63, 3.8) is 0 Å². The number of ether oxygens (including phenoxy) is 1. The molecule has 0 aliphatic carbocycles. The Morgan fingerprint density at radius 1 is 0.767 bits per heavy atom. The van der Waals surface area contributed by atoms with Crippen molar-refractivity contribution in [1.82, 2.24) is 5.32 Å². The van der Waals surface area contributed by atoms with E-state index in [2.05, 4.69) is 17.4 Å². The summed E-state index contributed by atoms with van der Waals surface area (Å²) in [6, 6.07) is 28.8. The second-order valence-electron chi connectivity index (χ2n) is 7.09. The molecule has 0 saturated heterocycles. The second kappa shape index (κ2) is 8.62. The number of ketones is 1. The summed E-state index contributed by atoms with van der Waals surface area (Å²) in [6.45, 7) is 1.92. The minimum atomic E-state index is -0.516. The van der Waals surface area contributed by atoms with Crippen LogP contribution in [-0.2, 0) is 6.54 Å². The Bertz CT molecular complexity index is 1230. The van der Waals surface area contributed by atoms with Crippen molar-refractivity contribution in [2.24, 2.45) is 0 Å². The number of benzene rings is 4. The van der Waals surface area contributed by atoms with E-state index in [1.54, 1.807) is 25.1 Å². The third-order valence-electron chi connectivity index (χ3n) is 4.90.